The zero-order valence-corrected chi connectivity index (χ0v) is 10.5. The largest absolute Gasteiger partial charge is 0.497 e. The van der Waals surface area contributed by atoms with Crippen molar-refractivity contribution in [2.75, 3.05) is 20.3 Å². The van der Waals surface area contributed by atoms with Gasteiger partial charge in [0, 0.05) is 11.5 Å². The van der Waals surface area contributed by atoms with Gasteiger partial charge in [0.05, 0.1) is 20.3 Å². The van der Waals surface area contributed by atoms with Crippen molar-refractivity contribution in [3.63, 3.8) is 0 Å². The van der Waals surface area contributed by atoms with Gasteiger partial charge in [-0.1, -0.05) is 25.5 Å². The zero-order valence-electron chi connectivity index (χ0n) is 10.5. The Kier molecular flexibility index (Phi) is 4.40. The maximum absolute atomic E-state index is 5.74. The highest BCUT2D eigenvalue weighted by Crippen LogP contribution is 2.27. The SMILES string of the molecule is CCCC1COC(c2ccc(OC)cc2)OC1. The molecule has 0 aromatic heterocycles. The summed E-state index contributed by atoms with van der Waals surface area (Å²) < 4.78 is 16.6. The summed E-state index contributed by atoms with van der Waals surface area (Å²) in [7, 11) is 1.66. The summed E-state index contributed by atoms with van der Waals surface area (Å²) in [5.74, 6) is 1.41. The predicted octanol–water partition coefficient (Wildman–Crippen LogP) is 3.16. The highest BCUT2D eigenvalue weighted by molar-refractivity contribution is 5.27. The van der Waals surface area contributed by atoms with Gasteiger partial charge < -0.3 is 14.2 Å². The van der Waals surface area contributed by atoms with Crippen LogP contribution < -0.4 is 4.74 Å². The molecule has 0 amide bonds. The second-order valence-corrected chi connectivity index (χ2v) is 4.43. The molecular weight excluding hydrogens is 216 g/mol. The number of hydrogen-bond donors (Lipinski definition) is 0. The molecule has 0 spiro atoms. The minimum absolute atomic E-state index is 0.214. The molecule has 3 heteroatoms. The molecule has 0 saturated carbocycles. The lowest BCUT2D eigenvalue weighted by Gasteiger charge is -2.29. The van der Waals surface area contributed by atoms with Crippen molar-refractivity contribution in [2.24, 2.45) is 5.92 Å². The highest BCUT2D eigenvalue weighted by atomic mass is 16.7. The highest BCUT2D eigenvalue weighted by Gasteiger charge is 2.22. The number of ether oxygens (including phenoxy) is 3. The van der Waals surface area contributed by atoms with E-state index in [-0.39, 0.29) is 6.29 Å². The average Bonchev–Trinajstić information content (AvgIpc) is 2.40. The average molecular weight is 236 g/mol. The van der Waals surface area contributed by atoms with Crippen LogP contribution in [0.3, 0.4) is 0 Å². The summed E-state index contributed by atoms with van der Waals surface area (Å²) in [6.45, 7) is 3.78. The fraction of sp³-hybridized carbons (Fsp3) is 0.571. The van der Waals surface area contributed by atoms with Crippen LogP contribution in [0.4, 0.5) is 0 Å². The van der Waals surface area contributed by atoms with Gasteiger partial charge in [-0.15, -0.1) is 0 Å². The minimum Gasteiger partial charge on any atom is -0.497 e. The Morgan fingerprint density at radius 2 is 1.82 bits per heavy atom. The summed E-state index contributed by atoms with van der Waals surface area (Å²) in [6, 6.07) is 7.84. The van der Waals surface area contributed by atoms with E-state index < -0.39 is 0 Å². The minimum atomic E-state index is -0.214. The standard InChI is InChI=1S/C14H20O3/c1-3-4-11-9-16-14(17-10-11)12-5-7-13(15-2)8-6-12/h5-8,11,14H,3-4,9-10H2,1-2H3. The normalized spacial score (nSPS) is 24.6. The topological polar surface area (TPSA) is 27.7 Å². The lowest BCUT2D eigenvalue weighted by molar-refractivity contribution is -0.206. The Bertz CT molecular complexity index is 326. The van der Waals surface area contributed by atoms with Crippen LogP contribution >= 0.6 is 0 Å². The van der Waals surface area contributed by atoms with E-state index in [9.17, 15) is 0 Å². The third-order valence-corrected chi connectivity index (χ3v) is 3.05. The van der Waals surface area contributed by atoms with Crippen molar-refractivity contribution in [1.29, 1.82) is 0 Å². The van der Waals surface area contributed by atoms with Crippen molar-refractivity contribution >= 4 is 0 Å². The van der Waals surface area contributed by atoms with E-state index in [1.807, 2.05) is 24.3 Å². The Labute approximate surface area is 103 Å². The van der Waals surface area contributed by atoms with E-state index in [0.717, 1.165) is 24.5 Å². The van der Waals surface area contributed by atoms with Crippen molar-refractivity contribution in [3.05, 3.63) is 29.8 Å². The first-order chi connectivity index (χ1) is 8.33. The maximum atomic E-state index is 5.74. The summed E-state index contributed by atoms with van der Waals surface area (Å²) in [6.07, 6.45) is 2.15. The third-order valence-electron chi connectivity index (χ3n) is 3.05. The molecule has 0 unspecified atom stereocenters. The molecule has 17 heavy (non-hydrogen) atoms. The van der Waals surface area contributed by atoms with Gasteiger partial charge in [-0.3, -0.25) is 0 Å². The molecule has 1 heterocycles. The van der Waals surface area contributed by atoms with Crippen molar-refractivity contribution in [3.8, 4) is 5.75 Å². The molecule has 0 radical (unpaired) electrons. The molecule has 0 aliphatic carbocycles. The molecule has 3 nitrogen and oxygen atoms in total. The summed E-state index contributed by atoms with van der Waals surface area (Å²) in [5.41, 5.74) is 1.06. The molecule has 1 saturated heterocycles. The molecule has 0 N–H and O–H groups in total. The number of methoxy groups -OCH3 is 1. The van der Waals surface area contributed by atoms with Gasteiger partial charge in [0.15, 0.2) is 6.29 Å². The molecule has 1 aliphatic rings. The van der Waals surface area contributed by atoms with Crippen LogP contribution in [0.15, 0.2) is 24.3 Å². The molecule has 1 aromatic rings. The Morgan fingerprint density at radius 3 is 2.35 bits per heavy atom. The first kappa shape index (κ1) is 12.4. The maximum Gasteiger partial charge on any atom is 0.183 e. The van der Waals surface area contributed by atoms with Gasteiger partial charge in [-0.05, 0) is 18.6 Å². The molecule has 94 valence electrons. The number of hydrogen-bond acceptors (Lipinski definition) is 3. The fourth-order valence-corrected chi connectivity index (χ4v) is 2.07. The van der Waals surface area contributed by atoms with Crippen molar-refractivity contribution in [1.82, 2.24) is 0 Å². The van der Waals surface area contributed by atoms with E-state index in [1.165, 1.54) is 12.8 Å². The molecule has 0 atom stereocenters. The number of rotatable bonds is 4. The smallest absolute Gasteiger partial charge is 0.183 e. The van der Waals surface area contributed by atoms with Crippen molar-refractivity contribution in [2.45, 2.75) is 26.1 Å². The van der Waals surface area contributed by atoms with Gasteiger partial charge in [0.2, 0.25) is 0 Å². The van der Waals surface area contributed by atoms with E-state index in [4.69, 9.17) is 14.2 Å². The predicted molar refractivity (Wildman–Crippen MR) is 66.0 cm³/mol. The van der Waals surface area contributed by atoms with Crippen LogP contribution in [0.5, 0.6) is 5.75 Å². The van der Waals surface area contributed by atoms with Crippen LogP contribution in [0.1, 0.15) is 31.6 Å². The van der Waals surface area contributed by atoms with Crippen LogP contribution in [-0.2, 0) is 9.47 Å². The third kappa shape index (κ3) is 3.20. The van der Waals surface area contributed by atoms with Gasteiger partial charge in [-0.25, -0.2) is 0 Å². The Balaban J connectivity index is 1.91. The second-order valence-electron chi connectivity index (χ2n) is 4.43. The van der Waals surface area contributed by atoms with Crippen LogP contribution in [0.2, 0.25) is 0 Å². The Morgan fingerprint density at radius 1 is 1.18 bits per heavy atom. The summed E-state index contributed by atoms with van der Waals surface area (Å²) >= 11 is 0. The van der Waals surface area contributed by atoms with E-state index >= 15 is 0 Å². The van der Waals surface area contributed by atoms with Gasteiger partial charge >= 0.3 is 0 Å². The molecule has 1 fully saturated rings. The lowest BCUT2D eigenvalue weighted by Crippen LogP contribution is -2.26. The van der Waals surface area contributed by atoms with Crippen LogP contribution in [0, 0.1) is 5.92 Å². The van der Waals surface area contributed by atoms with Gasteiger partial charge in [0.1, 0.15) is 5.75 Å². The van der Waals surface area contributed by atoms with E-state index in [0.29, 0.717) is 5.92 Å². The van der Waals surface area contributed by atoms with Gasteiger partial charge in [-0.2, -0.15) is 0 Å². The quantitative estimate of drug-likeness (QED) is 0.803. The molecule has 2 rings (SSSR count). The molecule has 1 aliphatic heterocycles. The monoisotopic (exact) mass is 236 g/mol. The molecular formula is C14H20O3. The van der Waals surface area contributed by atoms with Crippen molar-refractivity contribution < 1.29 is 14.2 Å². The van der Waals surface area contributed by atoms with Crippen LogP contribution in [-0.4, -0.2) is 20.3 Å². The Hall–Kier alpha value is -1.06. The van der Waals surface area contributed by atoms with Gasteiger partial charge in [0.25, 0.3) is 0 Å². The zero-order chi connectivity index (χ0) is 12.1. The first-order valence-electron chi connectivity index (χ1n) is 6.20. The lowest BCUT2D eigenvalue weighted by atomic mass is 10.1. The first-order valence-corrected chi connectivity index (χ1v) is 6.20. The van der Waals surface area contributed by atoms with E-state index in [2.05, 4.69) is 6.92 Å². The molecule has 1 aromatic carbocycles. The summed E-state index contributed by atoms with van der Waals surface area (Å²) in [5, 5.41) is 0. The van der Waals surface area contributed by atoms with Crippen LogP contribution in [0.25, 0.3) is 0 Å². The second kappa shape index (κ2) is 6.03. The molecule has 0 bridgehead atoms. The summed E-state index contributed by atoms with van der Waals surface area (Å²) in [4.78, 5) is 0. The van der Waals surface area contributed by atoms with E-state index in [1.54, 1.807) is 7.11 Å². The number of benzene rings is 1. The fourth-order valence-electron chi connectivity index (χ4n) is 2.07.